The van der Waals surface area contributed by atoms with E-state index in [4.69, 9.17) is 30.9 Å². The lowest BCUT2D eigenvalue weighted by Crippen LogP contribution is -2.40. The molecule has 0 fully saturated rings. The van der Waals surface area contributed by atoms with Crippen LogP contribution < -0.4 is 14.2 Å². The van der Waals surface area contributed by atoms with Gasteiger partial charge in [-0.25, -0.2) is 4.79 Å². The van der Waals surface area contributed by atoms with Crippen molar-refractivity contribution in [2.45, 2.75) is 12.3 Å². The van der Waals surface area contributed by atoms with E-state index in [0.717, 1.165) is 11.5 Å². The molecule has 9 heteroatoms. The average molecular weight is 451 g/mol. The summed E-state index contributed by atoms with van der Waals surface area (Å²) in [6, 6.07) is 13.1. The number of alkyl halides is 3. The van der Waals surface area contributed by atoms with Crippen LogP contribution in [-0.4, -0.2) is 30.5 Å². The first-order valence-electron chi connectivity index (χ1n) is 8.94. The fourth-order valence-electron chi connectivity index (χ4n) is 3.32. The zero-order valence-corrected chi connectivity index (χ0v) is 16.6. The molecule has 0 saturated carbocycles. The maximum atomic E-state index is 13.3. The van der Waals surface area contributed by atoms with E-state index in [1.165, 1.54) is 19.2 Å². The summed E-state index contributed by atoms with van der Waals surface area (Å²) in [6.45, 7) is 0. The third-order valence-corrected chi connectivity index (χ3v) is 5.03. The Bertz CT molecular complexity index is 1220. The number of methoxy groups -OCH3 is 1. The SMILES string of the molecule is COc1ccc(Oc2cc3c(cc2Cl)C=C(C(=O)O)C(C(F)(F)F)O3)c2ccccc12. The molecule has 0 radical (unpaired) electrons. The highest BCUT2D eigenvalue weighted by molar-refractivity contribution is 6.32. The summed E-state index contributed by atoms with van der Waals surface area (Å²) in [5.74, 6) is -0.826. The number of carboxylic acids is 1. The van der Waals surface area contributed by atoms with Gasteiger partial charge in [0, 0.05) is 22.4 Å². The van der Waals surface area contributed by atoms with Crippen LogP contribution in [0.5, 0.6) is 23.0 Å². The molecule has 31 heavy (non-hydrogen) atoms. The molecule has 160 valence electrons. The Morgan fingerprint density at radius 3 is 2.32 bits per heavy atom. The highest BCUT2D eigenvalue weighted by Gasteiger charge is 2.48. The molecule has 1 atom stereocenters. The van der Waals surface area contributed by atoms with Crippen molar-refractivity contribution in [3.63, 3.8) is 0 Å². The van der Waals surface area contributed by atoms with Gasteiger partial charge in [0.25, 0.3) is 0 Å². The fourth-order valence-corrected chi connectivity index (χ4v) is 3.53. The number of hydrogen-bond acceptors (Lipinski definition) is 4. The van der Waals surface area contributed by atoms with E-state index in [1.807, 2.05) is 12.1 Å². The number of halogens is 4. The Morgan fingerprint density at radius 2 is 1.71 bits per heavy atom. The van der Waals surface area contributed by atoms with Gasteiger partial charge in [-0.05, 0) is 24.3 Å². The first-order valence-corrected chi connectivity index (χ1v) is 9.32. The number of aliphatic carboxylic acids is 1. The predicted octanol–water partition coefficient (Wildman–Crippen LogP) is 6.09. The molecule has 3 aromatic carbocycles. The van der Waals surface area contributed by atoms with Crippen molar-refractivity contribution in [3.05, 3.63) is 64.7 Å². The quantitative estimate of drug-likeness (QED) is 0.521. The second kappa shape index (κ2) is 7.70. The minimum absolute atomic E-state index is 0.0591. The standard InChI is InChI=1S/C22H14ClF3O5/c1-29-16-6-7-17(13-5-3-2-4-12(13)16)30-19-10-18-11(9-15(19)23)8-14(21(27)28)20(31-18)22(24,25)26/h2-10,20H,1H3,(H,27,28). The molecule has 0 aliphatic carbocycles. The predicted molar refractivity (Wildman–Crippen MR) is 108 cm³/mol. The van der Waals surface area contributed by atoms with Gasteiger partial charge in [0.15, 0.2) is 0 Å². The van der Waals surface area contributed by atoms with Gasteiger partial charge in [-0.2, -0.15) is 13.2 Å². The van der Waals surface area contributed by atoms with Crippen molar-refractivity contribution < 1.29 is 37.3 Å². The molecule has 0 saturated heterocycles. The lowest BCUT2D eigenvalue weighted by Gasteiger charge is -2.27. The zero-order chi connectivity index (χ0) is 22.3. The lowest BCUT2D eigenvalue weighted by atomic mass is 10.0. The van der Waals surface area contributed by atoms with Gasteiger partial charge in [-0.3, -0.25) is 0 Å². The molecule has 1 aliphatic heterocycles. The molecule has 3 aromatic rings. The lowest BCUT2D eigenvalue weighted by molar-refractivity contribution is -0.187. The van der Waals surface area contributed by atoms with E-state index in [-0.39, 0.29) is 22.1 Å². The maximum Gasteiger partial charge on any atom is 0.430 e. The Labute approximate surface area is 179 Å². The summed E-state index contributed by atoms with van der Waals surface area (Å²) in [5.41, 5.74) is -0.819. The van der Waals surface area contributed by atoms with Crippen LogP contribution in [0.2, 0.25) is 5.02 Å². The largest absolute Gasteiger partial charge is 0.496 e. The Balaban J connectivity index is 1.77. The topological polar surface area (TPSA) is 65.0 Å². The van der Waals surface area contributed by atoms with E-state index >= 15 is 0 Å². The first kappa shape index (κ1) is 20.9. The number of carbonyl (C=O) groups is 1. The smallest absolute Gasteiger partial charge is 0.430 e. The van der Waals surface area contributed by atoms with Gasteiger partial charge in [-0.15, -0.1) is 0 Å². The molecule has 5 nitrogen and oxygen atoms in total. The van der Waals surface area contributed by atoms with Crippen molar-refractivity contribution in [2.75, 3.05) is 7.11 Å². The van der Waals surface area contributed by atoms with E-state index in [1.54, 1.807) is 24.3 Å². The van der Waals surface area contributed by atoms with Crippen LogP contribution in [0, 0.1) is 0 Å². The number of hydrogen-bond donors (Lipinski definition) is 1. The van der Waals surface area contributed by atoms with Gasteiger partial charge in [0.1, 0.15) is 23.0 Å². The first-order chi connectivity index (χ1) is 14.7. The Morgan fingerprint density at radius 1 is 1.06 bits per heavy atom. The molecule has 1 heterocycles. The third kappa shape index (κ3) is 3.86. The van der Waals surface area contributed by atoms with E-state index in [9.17, 15) is 18.0 Å². The molecule has 4 rings (SSSR count). The molecular weight excluding hydrogens is 437 g/mol. The normalized spacial score (nSPS) is 15.6. The maximum absolute atomic E-state index is 13.3. The Hall–Kier alpha value is -3.39. The van der Waals surface area contributed by atoms with Crippen molar-refractivity contribution in [2.24, 2.45) is 0 Å². The van der Waals surface area contributed by atoms with Crippen LogP contribution in [0.25, 0.3) is 16.8 Å². The van der Waals surface area contributed by atoms with Crippen molar-refractivity contribution in [1.82, 2.24) is 0 Å². The van der Waals surface area contributed by atoms with Gasteiger partial charge < -0.3 is 19.3 Å². The molecular formula is C22H14ClF3O5. The summed E-state index contributed by atoms with van der Waals surface area (Å²) in [4.78, 5) is 11.3. The van der Waals surface area contributed by atoms with Crippen LogP contribution in [0.4, 0.5) is 13.2 Å². The molecule has 0 amide bonds. The molecule has 0 spiro atoms. The van der Waals surface area contributed by atoms with Crippen LogP contribution in [0.1, 0.15) is 5.56 Å². The second-order valence-electron chi connectivity index (χ2n) is 6.68. The summed E-state index contributed by atoms with van der Waals surface area (Å²) in [7, 11) is 1.54. The average Bonchev–Trinajstić information content (AvgIpc) is 2.73. The van der Waals surface area contributed by atoms with Crippen LogP contribution in [-0.2, 0) is 4.79 Å². The third-order valence-electron chi connectivity index (χ3n) is 4.73. The van der Waals surface area contributed by atoms with Crippen molar-refractivity contribution >= 4 is 34.4 Å². The zero-order valence-electron chi connectivity index (χ0n) is 15.9. The number of ether oxygens (including phenoxy) is 3. The number of rotatable bonds is 4. The highest BCUT2D eigenvalue weighted by Crippen LogP contribution is 2.44. The van der Waals surface area contributed by atoms with Crippen LogP contribution >= 0.6 is 11.6 Å². The van der Waals surface area contributed by atoms with Crippen molar-refractivity contribution in [1.29, 1.82) is 0 Å². The molecule has 1 aliphatic rings. The molecule has 1 N–H and O–H groups in total. The van der Waals surface area contributed by atoms with Gasteiger partial charge in [0.2, 0.25) is 6.10 Å². The summed E-state index contributed by atoms with van der Waals surface area (Å²) in [5, 5.41) is 10.7. The minimum atomic E-state index is -4.91. The Kier molecular flexibility index (Phi) is 5.18. The van der Waals surface area contributed by atoms with Gasteiger partial charge >= 0.3 is 12.1 Å². The van der Waals surface area contributed by atoms with Crippen LogP contribution in [0.3, 0.4) is 0 Å². The van der Waals surface area contributed by atoms with Crippen molar-refractivity contribution in [3.8, 4) is 23.0 Å². The molecule has 1 unspecified atom stereocenters. The fraction of sp³-hybridized carbons (Fsp3) is 0.136. The number of benzene rings is 3. The second-order valence-corrected chi connectivity index (χ2v) is 7.09. The van der Waals surface area contributed by atoms with E-state index in [0.29, 0.717) is 16.9 Å². The number of fused-ring (bicyclic) bond motifs is 2. The van der Waals surface area contributed by atoms with Gasteiger partial charge in [0.05, 0.1) is 17.7 Å². The van der Waals surface area contributed by atoms with Crippen LogP contribution in [0.15, 0.2) is 54.1 Å². The summed E-state index contributed by atoms with van der Waals surface area (Å²) in [6.07, 6.45) is -6.61. The van der Waals surface area contributed by atoms with Gasteiger partial charge in [-0.1, -0.05) is 35.9 Å². The summed E-state index contributed by atoms with van der Waals surface area (Å²) >= 11 is 6.27. The molecule has 0 bridgehead atoms. The van der Waals surface area contributed by atoms with E-state index < -0.39 is 23.8 Å². The molecule has 0 aromatic heterocycles. The highest BCUT2D eigenvalue weighted by atomic mass is 35.5. The summed E-state index contributed by atoms with van der Waals surface area (Å²) < 4.78 is 56.2. The van der Waals surface area contributed by atoms with E-state index in [2.05, 4.69) is 0 Å². The monoisotopic (exact) mass is 450 g/mol. The number of carboxylic acid groups (broad SMARTS) is 1. The minimum Gasteiger partial charge on any atom is -0.496 e.